The number of rotatable bonds is 6. The minimum Gasteiger partial charge on any atom is -0.491 e. The van der Waals surface area contributed by atoms with Gasteiger partial charge in [0.05, 0.1) is 6.61 Å². The van der Waals surface area contributed by atoms with Gasteiger partial charge in [-0.3, -0.25) is 9.59 Å². The summed E-state index contributed by atoms with van der Waals surface area (Å²) >= 11 is 0. The third-order valence-electron chi connectivity index (χ3n) is 5.28. The van der Waals surface area contributed by atoms with Crippen LogP contribution in [0.25, 0.3) is 5.57 Å². The Labute approximate surface area is 166 Å². The summed E-state index contributed by atoms with van der Waals surface area (Å²) in [5.41, 5.74) is 1.19. The number of pyridine rings is 1. The molecule has 2 heterocycles. The molecule has 4 rings (SSSR count). The maximum Gasteiger partial charge on any atom is 0.251 e. The molecule has 7 heteroatoms. The van der Waals surface area contributed by atoms with Gasteiger partial charge in [-0.25, -0.2) is 4.39 Å². The van der Waals surface area contributed by atoms with E-state index in [0.717, 1.165) is 12.8 Å². The number of carbonyl (C=O) groups is 1. The molecular weight excluding hydrogens is 378 g/mol. The molecule has 5 nitrogen and oxygen atoms in total. The summed E-state index contributed by atoms with van der Waals surface area (Å²) < 4.78 is 34.5. The molecule has 2 aromatic rings. The number of halogens is 2. The molecular formula is C22H22F2N2O3. The Morgan fingerprint density at radius 2 is 1.93 bits per heavy atom. The number of ether oxygens (including phenoxy) is 1. The number of aromatic amines is 1. The van der Waals surface area contributed by atoms with Gasteiger partial charge in [0.15, 0.2) is 11.6 Å². The highest BCUT2D eigenvalue weighted by Crippen LogP contribution is 2.38. The molecule has 1 atom stereocenters. The third-order valence-corrected chi connectivity index (χ3v) is 5.28. The number of hydrogen-bond acceptors (Lipinski definition) is 3. The summed E-state index contributed by atoms with van der Waals surface area (Å²) in [7, 11) is 0. The molecule has 1 saturated carbocycles. The number of benzene rings is 1. The summed E-state index contributed by atoms with van der Waals surface area (Å²) in [6.07, 6.45) is 4.56. The minimum absolute atomic E-state index is 0.00178. The van der Waals surface area contributed by atoms with Gasteiger partial charge < -0.3 is 15.0 Å². The minimum atomic E-state index is -1.08. The van der Waals surface area contributed by atoms with Crippen molar-refractivity contribution in [3.8, 4) is 5.75 Å². The Morgan fingerprint density at radius 1 is 1.14 bits per heavy atom. The van der Waals surface area contributed by atoms with E-state index >= 15 is 0 Å². The van der Waals surface area contributed by atoms with Gasteiger partial charge in [-0.2, -0.15) is 4.39 Å². The Kier molecular flexibility index (Phi) is 5.22. The van der Waals surface area contributed by atoms with Crippen molar-refractivity contribution in [1.29, 1.82) is 0 Å². The molecule has 29 heavy (non-hydrogen) atoms. The first kappa shape index (κ1) is 19.4. The van der Waals surface area contributed by atoms with Crippen LogP contribution in [0.5, 0.6) is 5.75 Å². The van der Waals surface area contributed by atoms with Crippen molar-refractivity contribution in [2.24, 2.45) is 0 Å². The van der Waals surface area contributed by atoms with E-state index in [1.165, 1.54) is 12.1 Å². The average Bonchev–Trinajstić information content (AvgIpc) is 3.46. The van der Waals surface area contributed by atoms with Gasteiger partial charge in [-0.15, -0.1) is 0 Å². The summed E-state index contributed by atoms with van der Waals surface area (Å²) in [5, 5.41) is 2.80. The second-order valence-corrected chi connectivity index (χ2v) is 7.40. The van der Waals surface area contributed by atoms with E-state index < -0.39 is 11.6 Å². The fourth-order valence-electron chi connectivity index (χ4n) is 3.65. The Morgan fingerprint density at radius 3 is 2.55 bits per heavy atom. The number of amides is 1. The zero-order chi connectivity index (χ0) is 20.5. The van der Waals surface area contributed by atoms with E-state index in [9.17, 15) is 18.4 Å². The van der Waals surface area contributed by atoms with Crippen LogP contribution in [-0.2, 0) is 4.79 Å². The molecule has 0 bridgehead atoms. The van der Waals surface area contributed by atoms with Crippen LogP contribution in [0.3, 0.4) is 0 Å². The molecule has 2 fully saturated rings. The number of nitrogens with one attached hydrogen (secondary N) is 2. The lowest BCUT2D eigenvalue weighted by molar-refractivity contribution is -0.119. The highest BCUT2D eigenvalue weighted by Gasteiger charge is 2.27. The fraction of sp³-hybridized carbons (Fsp3) is 0.364. The van der Waals surface area contributed by atoms with Gasteiger partial charge in [0.1, 0.15) is 0 Å². The molecule has 0 unspecified atom stereocenters. The van der Waals surface area contributed by atoms with Gasteiger partial charge in [-0.05, 0) is 50.3 Å². The second-order valence-electron chi connectivity index (χ2n) is 7.40. The molecule has 1 aliphatic carbocycles. The van der Waals surface area contributed by atoms with Crippen molar-refractivity contribution < 1.29 is 18.3 Å². The molecule has 1 aromatic heterocycles. The van der Waals surface area contributed by atoms with Crippen LogP contribution in [0, 0.1) is 11.6 Å². The molecule has 0 spiro atoms. The van der Waals surface area contributed by atoms with Crippen molar-refractivity contribution in [2.75, 3.05) is 6.61 Å². The van der Waals surface area contributed by atoms with E-state index in [-0.39, 0.29) is 41.3 Å². The summed E-state index contributed by atoms with van der Waals surface area (Å²) in [6, 6.07) is 5.94. The van der Waals surface area contributed by atoms with Gasteiger partial charge >= 0.3 is 0 Å². The number of hydrogen-bond donors (Lipinski definition) is 2. The smallest absolute Gasteiger partial charge is 0.251 e. The molecule has 152 valence electrons. The van der Waals surface area contributed by atoms with E-state index in [2.05, 4.69) is 10.3 Å². The molecule has 1 saturated heterocycles. The first-order chi connectivity index (χ1) is 14.0. The van der Waals surface area contributed by atoms with Crippen LogP contribution in [0.4, 0.5) is 8.78 Å². The first-order valence-corrected chi connectivity index (χ1v) is 9.84. The lowest BCUT2D eigenvalue weighted by atomic mass is 9.97. The third kappa shape index (κ3) is 3.95. The molecule has 1 aromatic carbocycles. The van der Waals surface area contributed by atoms with Crippen LogP contribution in [0.15, 0.2) is 35.1 Å². The normalized spacial score (nSPS) is 19.3. The van der Waals surface area contributed by atoms with Crippen LogP contribution in [-0.4, -0.2) is 23.5 Å². The van der Waals surface area contributed by atoms with E-state index in [1.54, 1.807) is 25.1 Å². The van der Waals surface area contributed by atoms with Crippen molar-refractivity contribution in [3.63, 3.8) is 0 Å². The van der Waals surface area contributed by atoms with Gasteiger partial charge in [0, 0.05) is 34.9 Å². The van der Waals surface area contributed by atoms with Crippen molar-refractivity contribution in [2.45, 2.75) is 44.6 Å². The number of carbonyl (C=O) groups excluding carboxylic acids is 1. The maximum absolute atomic E-state index is 14.9. The fourth-order valence-corrected chi connectivity index (χ4v) is 3.65. The van der Waals surface area contributed by atoms with Crippen molar-refractivity contribution in [3.05, 3.63) is 69.2 Å². The van der Waals surface area contributed by atoms with Crippen LogP contribution in [0.2, 0.25) is 0 Å². The Bertz CT molecular complexity index is 1040. The second kappa shape index (κ2) is 7.81. The largest absolute Gasteiger partial charge is 0.491 e. The quantitative estimate of drug-likeness (QED) is 0.778. The summed E-state index contributed by atoms with van der Waals surface area (Å²) in [4.78, 5) is 26.9. The van der Waals surface area contributed by atoms with Crippen LogP contribution in [0.1, 0.15) is 55.3 Å². The Hall–Kier alpha value is -2.96. The zero-order valence-corrected chi connectivity index (χ0v) is 16.1. The standard InChI is InChI=1S/C22H22F2N2O3/c1-2-29-18-9-7-15(20(23)21(18)24)16(11-13-5-10-19(27)25-13)17-8-6-14(12-3-4-12)22(28)26-17/h6-9,11-13H,2-5,10H2,1H3,(H,25,27)(H,26,28)/b16-11+/t13-/m1/s1. The molecule has 2 aliphatic rings. The van der Waals surface area contributed by atoms with Gasteiger partial charge in [0.2, 0.25) is 11.7 Å². The van der Waals surface area contributed by atoms with Crippen molar-refractivity contribution >= 4 is 11.5 Å². The van der Waals surface area contributed by atoms with E-state index in [1.807, 2.05) is 0 Å². The molecule has 0 radical (unpaired) electrons. The molecule has 1 aliphatic heterocycles. The lowest BCUT2D eigenvalue weighted by Gasteiger charge is -2.15. The van der Waals surface area contributed by atoms with E-state index in [0.29, 0.717) is 29.7 Å². The van der Waals surface area contributed by atoms with Crippen molar-refractivity contribution in [1.82, 2.24) is 10.3 Å². The highest BCUT2D eigenvalue weighted by atomic mass is 19.2. The zero-order valence-electron chi connectivity index (χ0n) is 16.1. The van der Waals surface area contributed by atoms with Crippen LogP contribution >= 0.6 is 0 Å². The van der Waals surface area contributed by atoms with Gasteiger partial charge in [-0.1, -0.05) is 12.1 Å². The first-order valence-electron chi connectivity index (χ1n) is 9.84. The predicted molar refractivity (Wildman–Crippen MR) is 105 cm³/mol. The summed E-state index contributed by atoms with van der Waals surface area (Å²) in [6.45, 7) is 1.90. The Balaban J connectivity index is 1.80. The SMILES string of the molecule is CCOc1ccc(/C(=C\[C@H]2CCC(=O)N2)c2ccc(C3CC3)c(=O)[nH]2)c(F)c1F. The van der Waals surface area contributed by atoms with Crippen LogP contribution < -0.4 is 15.6 Å². The monoisotopic (exact) mass is 400 g/mol. The van der Waals surface area contributed by atoms with Gasteiger partial charge in [0.25, 0.3) is 5.56 Å². The topological polar surface area (TPSA) is 71.2 Å². The predicted octanol–water partition coefficient (Wildman–Crippen LogP) is 3.64. The average molecular weight is 400 g/mol. The number of H-pyrrole nitrogens is 1. The lowest BCUT2D eigenvalue weighted by Crippen LogP contribution is -2.24. The van der Waals surface area contributed by atoms with E-state index in [4.69, 9.17) is 4.74 Å². The molecule has 2 N–H and O–H groups in total. The maximum atomic E-state index is 14.9. The summed E-state index contributed by atoms with van der Waals surface area (Å²) in [5.74, 6) is -2.13. The molecule has 1 amide bonds. The highest BCUT2D eigenvalue weighted by molar-refractivity contribution is 5.82. The number of aromatic nitrogens is 1.